The minimum absolute atomic E-state index is 0.00161. The Morgan fingerprint density at radius 2 is 1.85 bits per heavy atom. The fourth-order valence-electron chi connectivity index (χ4n) is 2.62. The fraction of sp³-hybridized carbons (Fsp3) is 0.235. The number of aldehydes is 1. The maximum absolute atomic E-state index is 13.8. The van der Waals surface area contributed by atoms with Crippen molar-refractivity contribution in [2.75, 3.05) is 0 Å². The molecule has 0 aromatic heterocycles. The second-order valence-corrected chi connectivity index (χ2v) is 5.02. The summed E-state index contributed by atoms with van der Waals surface area (Å²) < 4.78 is 19.4. The number of rotatable bonds is 3. The number of aryl methyl sites for hydroxylation is 2. The van der Waals surface area contributed by atoms with Crippen LogP contribution in [0.25, 0.3) is 0 Å². The summed E-state index contributed by atoms with van der Waals surface area (Å²) in [5.41, 5.74) is 2.83. The van der Waals surface area contributed by atoms with Gasteiger partial charge in [-0.3, -0.25) is 4.79 Å². The highest BCUT2D eigenvalue weighted by molar-refractivity contribution is 5.79. The van der Waals surface area contributed by atoms with Gasteiger partial charge < -0.3 is 4.74 Å². The first kappa shape index (κ1) is 12.9. The maximum Gasteiger partial charge on any atom is 0.173 e. The Morgan fingerprint density at radius 1 is 1.05 bits per heavy atom. The molecular formula is C17H15FO2. The molecule has 0 unspecified atom stereocenters. The summed E-state index contributed by atoms with van der Waals surface area (Å²) in [4.78, 5) is 11.0. The van der Waals surface area contributed by atoms with Gasteiger partial charge in [0, 0.05) is 0 Å². The molecule has 3 rings (SSSR count). The summed E-state index contributed by atoms with van der Waals surface area (Å²) in [5, 5.41) is 0. The van der Waals surface area contributed by atoms with Gasteiger partial charge in [0.1, 0.15) is 5.75 Å². The summed E-state index contributed by atoms with van der Waals surface area (Å²) in [6.45, 7) is 0. The van der Waals surface area contributed by atoms with Crippen molar-refractivity contribution in [3.63, 3.8) is 0 Å². The zero-order valence-electron chi connectivity index (χ0n) is 11.1. The number of halogens is 1. The highest BCUT2D eigenvalue weighted by atomic mass is 19.1. The lowest BCUT2D eigenvalue weighted by atomic mass is 9.92. The van der Waals surface area contributed by atoms with E-state index in [1.54, 1.807) is 6.07 Å². The Morgan fingerprint density at radius 3 is 2.65 bits per heavy atom. The Hall–Kier alpha value is -2.16. The number of fused-ring (bicyclic) bond motifs is 1. The molecule has 0 saturated carbocycles. The lowest BCUT2D eigenvalue weighted by Crippen LogP contribution is -2.02. The van der Waals surface area contributed by atoms with Crippen LogP contribution in [0.1, 0.15) is 34.3 Å². The largest absolute Gasteiger partial charge is 0.454 e. The first-order chi connectivity index (χ1) is 9.78. The molecule has 2 nitrogen and oxygen atoms in total. The van der Waals surface area contributed by atoms with Gasteiger partial charge in [-0.05, 0) is 61.1 Å². The van der Waals surface area contributed by atoms with Crippen LogP contribution in [0.2, 0.25) is 0 Å². The molecule has 0 fully saturated rings. The van der Waals surface area contributed by atoms with E-state index in [0.717, 1.165) is 12.8 Å². The van der Waals surface area contributed by atoms with Gasteiger partial charge in [0.15, 0.2) is 17.9 Å². The molecule has 0 N–H and O–H groups in total. The van der Waals surface area contributed by atoms with E-state index in [9.17, 15) is 9.18 Å². The van der Waals surface area contributed by atoms with Crippen LogP contribution in [0.5, 0.6) is 11.5 Å². The second kappa shape index (κ2) is 5.45. The average molecular weight is 270 g/mol. The maximum atomic E-state index is 13.8. The lowest BCUT2D eigenvalue weighted by molar-refractivity contribution is 0.112. The smallest absolute Gasteiger partial charge is 0.173 e. The van der Waals surface area contributed by atoms with Gasteiger partial charge in [-0.1, -0.05) is 12.1 Å². The highest BCUT2D eigenvalue weighted by Gasteiger charge is 2.13. The zero-order valence-corrected chi connectivity index (χ0v) is 11.1. The van der Waals surface area contributed by atoms with Crippen LogP contribution < -0.4 is 4.74 Å². The van der Waals surface area contributed by atoms with E-state index in [1.165, 1.54) is 36.1 Å². The summed E-state index contributed by atoms with van der Waals surface area (Å²) in [7, 11) is 0. The van der Waals surface area contributed by atoms with E-state index in [4.69, 9.17) is 4.74 Å². The number of benzene rings is 2. The summed E-state index contributed by atoms with van der Waals surface area (Å²) in [6.07, 6.45) is 5.13. The van der Waals surface area contributed by atoms with Crippen LogP contribution in [0.15, 0.2) is 36.4 Å². The minimum Gasteiger partial charge on any atom is -0.454 e. The zero-order chi connectivity index (χ0) is 13.9. The fourth-order valence-corrected chi connectivity index (χ4v) is 2.62. The number of carbonyl (C=O) groups excluding carboxylic acids is 1. The molecule has 0 bridgehead atoms. The van der Waals surface area contributed by atoms with Gasteiger partial charge in [-0.15, -0.1) is 0 Å². The van der Waals surface area contributed by atoms with Crippen LogP contribution >= 0.6 is 0 Å². The van der Waals surface area contributed by atoms with E-state index in [-0.39, 0.29) is 11.3 Å². The van der Waals surface area contributed by atoms with E-state index in [1.807, 2.05) is 18.2 Å². The van der Waals surface area contributed by atoms with Crippen molar-refractivity contribution in [1.82, 2.24) is 0 Å². The molecule has 2 aromatic carbocycles. The number of hydrogen-bond acceptors (Lipinski definition) is 2. The normalized spacial score (nSPS) is 13.7. The summed E-state index contributed by atoms with van der Waals surface area (Å²) in [6, 6.07) is 10.2. The molecule has 0 atom stereocenters. The number of carbonyl (C=O) groups is 1. The number of ether oxygens (including phenoxy) is 1. The first-order valence-electron chi connectivity index (χ1n) is 6.81. The summed E-state index contributed by atoms with van der Waals surface area (Å²) >= 11 is 0. The van der Waals surface area contributed by atoms with E-state index in [0.29, 0.717) is 12.0 Å². The van der Waals surface area contributed by atoms with Crippen molar-refractivity contribution >= 4 is 6.29 Å². The van der Waals surface area contributed by atoms with Gasteiger partial charge in [-0.25, -0.2) is 4.39 Å². The molecule has 3 heteroatoms. The highest BCUT2D eigenvalue weighted by Crippen LogP contribution is 2.31. The Bertz CT molecular complexity index is 649. The third-order valence-electron chi connectivity index (χ3n) is 3.66. The number of para-hydroxylation sites is 1. The SMILES string of the molecule is O=Cc1cccc(F)c1Oc1ccc2c(c1)CCCC2. The van der Waals surface area contributed by atoms with E-state index >= 15 is 0 Å². The Kier molecular flexibility index (Phi) is 3.50. The molecular weight excluding hydrogens is 255 g/mol. The third-order valence-corrected chi connectivity index (χ3v) is 3.66. The first-order valence-corrected chi connectivity index (χ1v) is 6.81. The van der Waals surface area contributed by atoms with Crippen LogP contribution in [-0.2, 0) is 12.8 Å². The van der Waals surface area contributed by atoms with Gasteiger partial charge in [0.05, 0.1) is 5.56 Å². The van der Waals surface area contributed by atoms with Crippen LogP contribution in [0, 0.1) is 5.82 Å². The van der Waals surface area contributed by atoms with Crippen molar-refractivity contribution in [2.24, 2.45) is 0 Å². The van der Waals surface area contributed by atoms with Gasteiger partial charge in [-0.2, -0.15) is 0 Å². The minimum atomic E-state index is -0.521. The predicted molar refractivity (Wildman–Crippen MR) is 74.9 cm³/mol. The summed E-state index contributed by atoms with van der Waals surface area (Å²) in [5.74, 6) is 0.0597. The van der Waals surface area contributed by atoms with Crippen molar-refractivity contribution < 1.29 is 13.9 Å². The molecule has 20 heavy (non-hydrogen) atoms. The molecule has 0 spiro atoms. The molecule has 0 heterocycles. The molecule has 2 aromatic rings. The topological polar surface area (TPSA) is 26.3 Å². The van der Waals surface area contributed by atoms with Crippen LogP contribution in [0.4, 0.5) is 4.39 Å². The van der Waals surface area contributed by atoms with Gasteiger partial charge in [0.25, 0.3) is 0 Å². The molecule has 0 radical (unpaired) electrons. The molecule has 1 aliphatic rings. The van der Waals surface area contributed by atoms with Crippen molar-refractivity contribution in [3.8, 4) is 11.5 Å². The quantitative estimate of drug-likeness (QED) is 0.777. The molecule has 0 aliphatic heterocycles. The molecule has 0 saturated heterocycles. The monoisotopic (exact) mass is 270 g/mol. The lowest BCUT2D eigenvalue weighted by Gasteiger charge is -2.17. The van der Waals surface area contributed by atoms with Crippen molar-refractivity contribution in [1.29, 1.82) is 0 Å². The van der Waals surface area contributed by atoms with Crippen molar-refractivity contribution in [2.45, 2.75) is 25.7 Å². The van der Waals surface area contributed by atoms with E-state index < -0.39 is 5.82 Å². The molecule has 1 aliphatic carbocycles. The van der Waals surface area contributed by atoms with Crippen molar-refractivity contribution in [3.05, 3.63) is 58.9 Å². The van der Waals surface area contributed by atoms with Gasteiger partial charge in [0.2, 0.25) is 0 Å². The number of hydrogen-bond donors (Lipinski definition) is 0. The van der Waals surface area contributed by atoms with Crippen LogP contribution in [0.3, 0.4) is 0 Å². The molecule has 102 valence electrons. The standard InChI is InChI=1S/C17H15FO2/c18-16-7-3-6-14(11-19)17(16)20-15-9-8-12-4-1-2-5-13(12)10-15/h3,6-11H,1-2,4-5H2. The predicted octanol–water partition coefficient (Wildman–Crippen LogP) is 4.31. The Labute approximate surface area is 117 Å². The third kappa shape index (κ3) is 2.44. The average Bonchev–Trinajstić information content (AvgIpc) is 2.49. The Balaban J connectivity index is 1.94. The second-order valence-electron chi connectivity index (χ2n) is 5.02. The van der Waals surface area contributed by atoms with E-state index in [2.05, 4.69) is 0 Å². The van der Waals surface area contributed by atoms with Gasteiger partial charge >= 0.3 is 0 Å². The molecule has 0 amide bonds. The van der Waals surface area contributed by atoms with Crippen LogP contribution in [-0.4, -0.2) is 6.29 Å².